The first kappa shape index (κ1) is 15.1. The maximum absolute atomic E-state index is 13.4. The van der Waals surface area contributed by atoms with Gasteiger partial charge in [-0.05, 0) is 17.5 Å². The third-order valence-electron chi connectivity index (χ3n) is 2.75. The predicted molar refractivity (Wildman–Crippen MR) is 68.9 cm³/mol. The molecule has 0 fully saturated rings. The Balaban J connectivity index is 2.68. The van der Waals surface area contributed by atoms with Gasteiger partial charge in [-0.15, -0.1) is 0 Å². The van der Waals surface area contributed by atoms with Crippen molar-refractivity contribution in [2.75, 3.05) is 7.11 Å². The van der Waals surface area contributed by atoms with E-state index in [1.54, 1.807) is 26.0 Å². The van der Waals surface area contributed by atoms with E-state index in [1.807, 2.05) is 0 Å². The summed E-state index contributed by atoms with van der Waals surface area (Å²) in [6.45, 7) is 3.59. The highest BCUT2D eigenvalue weighted by atomic mass is 19.1. The van der Waals surface area contributed by atoms with Crippen molar-refractivity contribution in [1.29, 1.82) is 0 Å². The minimum Gasteiger partial charge on any atom is -0.467 e. The molecule has 5 heteroatoms. The fraction of sp³-hybridized carbons (Fsp3) is 0.429. The largest absolute Gasteiger partial charge is 0.467 e. The van der Waals surface area contributed by atoms with E-state index in [1.165, 1.54) is 19.2 Å². The number of ether oxygens (including phenoxy) is 1. The number of hydrogen-bond donors (Lipinski definition) is 1. The van der Waals surface area contributed by atoms with Gasteiger partial charge in [0, 0.05) is 0 Å². The van der Waals surface area contributed by atoms with E-state index >= 15 is 0 Å². The van der Waals surface area contributed by atoms with E-state index < -0.39 is 23.7 Å². The Morgan fingerprint density at radius 3 is 2.47 bits per heavy atom. The molecule has 1 aromatic carbocycles. The molecule has 1 amide bonds. The molecule has 0 aliphatic heterocycles. The minimum absolute atomic E-state index is 0.1000. The van der Waals surface area contributed by atoms with Gasteiger partial charge in [-0.25, -0.2) is 9.18 Å². The maximum atomic E-state index is 13.4. The average Bonchev–Trinajstić information content (AvgIpc) is 2.37. The summed E-state index contributed by atoms with van der Waals surface area (Å²) in [5.41, 5.74) is 0.298. The van der Waals surface area contributed by atoms with Crippen LogP contribution in [0.4, 0.5) is 4.39 Å². The second-order valence-corrected chi connectivity index (χ2v) is 4.58. The zero-order valence-corrected chi connectivity index (χ0v) is 11.3. The Hall–Kier alpha value is -1.91. The second-order valence-electron chi connectivity index (χ2n) is 4.58. The van der Waals surface area contributed by atoms with Crippen molar-refractivity contribution in [1.82, 2.24) is 5.32 Å². The summed E-state index contributed by atoms with van der Waals surface area (Å²) in [4.78, 5) is 23.3. The summed E-state index contributed by atoms with van der Waals surface area (Å²) in [7, 11) is 1.26. The third kappa shape index (κ3) is 4.35. The Morgan fingerprint density at radius 1 is 1.32 bits per heavy atom. The van der Waals surface area contributed by atoms with Crippen LogP contribution in [0, 0.1) is 11.7 Å². The third-order valence-corrected chi connectivity index (χ3v) is 2.75. The molecule has 0 heterocycles. The first-order valence-electron chi connectivity index (χ1n) is 6.06. The van der Waals surface area contributed by atoms with Crippen LogP contribution in [-0.4, -0.2) is 25.0 Å². The normalized spacial score (nSPS) is 12.1. The average molecular weight is 267 g/mol. The van der Waals surface area contributed by atoms with Crippen LogP contribution in [0.1, 0.15) is 19.4 Å². The number of benzene rings is 1. The lowest BCUT2D eigenvalue weighted by Crippen LogP contribution is -2.45. The maximum Gasteiger partial charge on any atom is 0.328 e. The zero-order valence-electron chi connectivity index (χ0n) is 11.3. The topological polar surface area (TPSA) is 55.4 Å². The molecule has 0 unspecified atom stereocenters. The van der Waals surface area contributed by atoms with Crippen molar-refractivity contribution >= 4 is 11.9 Å². The Labute approximate surface area is 112 Å². The minimum atomic E-state index is -0.718. The first-order chi connectivity index (χ1) is 8.95. The highest BCUT2D eigenvalue weighted by Crippen LogP contribution is 2.08. The van der Waals surface area contributed by atoms with E-state index in [2.05, 4.69) is 10.1 Å². The van der Waals surface area contributed by atoms with E-state index in [4.69, 9.17) is 0 Å². The summed E-state index contributed by atoms with van der Waals surface area (Å²) in [6.07, 6.45) is -0.104. The Kier molecular flexibility index (Phi) is 5.48. The van der Waals surface area contributed by atoms with E-state index in [0.29, 0.717) is 5.56 Å². The standard InChI is InChI=1S/C14H18FNO3/c1-9(2)13(14(18)19-3)16-12(17)8-10-6-4-5-7-11(10)15/h4-7,9,13H,8H2,1-3H3,(H,16,17)/t13-/m0/s1. The SMILES string of the molecule is COC(=O)[C@@H](NC(=O)Cc1ccccc1F)C(C)C. The molecule has 0 saturated carbocycles. The van der Waals surface area contributed by atoms with Crippen molar-refractivity contribution in [2.45, 2.75) is 26.3 Å². The number of methoxy groups -OCH3 is 1. The smallest absolute Gasteiger partial charge is 0.328 e. The summed E-state index contributed by atoms with van der Waals surface area (Å²) < 4.78 is 18.0. The molecule has 1 atom stereocenters. The molecular weight excluding hydrogens is 249 g/mol. The van der Waals surface area contributed by atoms with E-state index in [-0.39, 0.29) is 12.3 Å². The van der Waals surface area contributed by atoms with Crippen molar-refractivity contribution in [3.05, 3.63) is 35.6 Å². The number of nitrogens with one attached hydrogen (secondary N) is 1. The van der Waals surface area contributed by atoms with E-state index in [0.717, 1.165) is 0 Å². The van der Waals surface area contributed by atoms with Crippen LogP contribution in [0.5, 0.6) is 0 Å². The van der Waals surface area contributed by atoms with Crippen molar-refractivity contribution in [3.63, 3.8) is 0 Å². The van der Waals surface area contributed by atoms with Gasteiger partial charge in [-0.2, -0.15) is 0 Å². The van der Waals surface area contributed by atoms with Gasteiger partial charge in [0.1, 0.15) is 11.9 Å². The number of halogens is 1. The molecule has 19 heavy (non-hydrogen) atoms. The summed E-state index contributed by atoms with van der Waals surface area (Å²) in [6, 6.07) is 5.33. The summed E-state index contributed by atoms with van der Waals surface area (Å²) in [5.74, 6) is -1.44. The molecule has 0 aliphatic carbocycles. The quantitative estimate of drug-likeness (QED) is 0.826. The van der Waals surface area contributed by atoms with Gasteiger partial charge in [-0.3, -0.25) is 4.79 Å². The number of hydrogen-bond acceptors (Lipinski definition) is 3. The van der Waals surface area contributed by atoms with Crippen LogP contribution >= 0.6 is 0 Å². The van der Waals surface area contributed by atoms with Gasteiger partial charge in [0.15, 0.2) is 0 Å². The molecule has 0 radical (unpaired) electrons. The molecule has 0 bridgehead atoms. The lowest BCUT2D eigenvalue weighted by atomic mass is 10.0. The monoisotopic (exact) mass is 267 g/mol. The second kappa shape index (κ2) is 6.87. The van der Waals surface area contributed by atoms with Gasteiger partial charge in [-0.1, -0.05) is 32.0 Å². The fourth-order valence-corrected chi connectivity index (χ4v) is 1.66. The van der Waals surface area contributed by atoms with Crippen molar-refractivity contribution in [2.24, 2.45) is 5.92 Å². The van der Waals surface area contributed by atoms with Crippen LogP contribution in [-0.2, 0) is 20.7 Å². The summed E-state index contributed by atoms with van der Waals surface area (Å²) in [5, 5.41) is 2.56. The Bertz CT molecular complexity index is 460. The van der Waals surface area contributed by atoms with Crippen molar-refractivity contribution < 1.29 is 18.7 Å². The van der Waals surface area contributed by atoms with Gasteiger partial charge in [0.2, 0.25) is 5.91 Å². The highest BCUT2D eigenvalue weighted by molar-refractivity contribution is 5.85. The predicted octanol–water partition coefficient (Wildman–Crippen LogP) is 1.68. The molecular formula is C14H18FNO3. The van der Waals surface area contributed by atoms with Crippen molar-refractivity contribution in [3.8, 4) is 0 Å². The van der Waals surface area contributed by atoms with Crippen LogP contribution in [0.15, 0.2) is 24.3 Å². The number of carbonyl (C=O) groups is 2. The molecule has 0 aromatic heterocycles. The van der Waals surface area contributed by atoms with Gasteiger partial charge < -0.3 is 10.1 Å². The summed E-state index contributed by atoms with van der Waals surface area (Å²) >= 11 is 0. The van der Waals surface area contributed by atoms with Crippen LogP contribution in [0.25, 0.3) is 0 Å². The first-order valence-corrected chi connectivity index (χ1v) is 6.06. The van der Waals surface area contributed by atoms with E-state index in [9.17, 15) is 14.0 Å². The van der Waals surface area contributed by atoms with Gasteiger partial charge in [0.05, 0.1) is 13.5 Å². The highest BCUT2D eigenvalue weighted by Gasteiger charge is 2.25. The number of carbonyl (C=O) groups excluding carboxylic acids is 2. The van der Waals surface area contributed by atoms with Gasteiger partial charge >= 0.3 is 5.97 Å². The fourth-order valence-electron chi connectivity index (χ4n) is 1.66. The van der Waals surface area contributed by atoms with Crippen LogP contribution in [0.2, 0.25) is 0 Å². The molecule has 1 N–H and O–H groups in total. The molecule has 0 aliphatic rings. The molecule has 1 aromatic rings. The lowest BCUT2D eigenvalue weighted by molar-refractivity contribution is -0.146. The van der Waals surface area contributed by atoms with Crippen LogP contribution < -0.4 is 5.32 Å². The number of esters is 1. The van der Waals surface area contributed by atoms with Gasteiger partial charge in [0.25, 0.3) is 0 Å². The number of rotatable bonds is 5. The molecule has 104 valence electrons. The molecule has 0 saturated heterocycles. The number of amides is 1. The molecule has 1 rings (SSSR count). The zero-order chi connectivity index (χ0) is 14.4. The molecule has 0 spiro atoms. The lowest BCUT2D eigenvalue weighted by Gasteiger charge is -2.19. The van der Waals surface area contributed by atoms with Crippen LogP contribution in [0.3, 0.4) is 0 Å². The molecule has 4 nitrogen and oxygen atoms in total. The Morgan fingerprint density at radius 2 is 1.95 bits per heavy atom.